The number of hydrogen-bond donors (Lipinski definition) is 0. The van der Waals surface area contributed by atoms with Crippen LogP contribution in [0.2, 0.25) is 0 Å². The number of carbonyl (C=O) groups is 2. The normalized spacial score (nSPS) is 16.8. The number of amides is 1. The third kappa shape index (κ3) is 2.97. The molecule has 1 aliphatic rings. The van der Waals surface area contributed by atoms with Crippen LogP contribution < -0.4 is 5.11 Å². The zero-order valence-corrected chi connectivity index (χ0v) is 12.0. The van der Waals surface area contributed by atoms with E-state index < -0.39 is 5.97 Å². The van der Waals surface area contributed by atoms with Crippen LogP contribution in [0.15, 0.2) is 41.8 Å². The Morgan fingerprint density at radius 3 is 2.60 bits per heavy atom. The first-order chi connectivity index (χ1) is 9.52. The van der Waals surface area contributed by atoms with Gasteiger partial charge in [0.2, 0.25) is 0 Å². The van der Waals surface area contributed by atoms with E-state index in [-0.39, 0.29) is 11.5 Å². The second-order valence-electron chi connectivity index (χ2n) is 3.99. The van der Waals surface area contributed by atoms with Crippen LogP contribution in [0.25, 0.3) is 6.08 Å². The van der Waals surface area contributed by atoms with Gasteiger partial charge in [-0.15, -0.1) is 6.58 Å². The number of aromatic carboxylic acids is 1. The number of carboxylic acids is 1. The van der Waals surface area contributed by atoms with Gasteiger partial charge in [-0.1, -0.05) is 54.3 Å². The Kier molecular flexibility index (Phi) is 4.36. The van der Waals surface area contributed by atoms with Gasteiger partial charge < -0.3 is 9.90 Å². The fraction of sp³-hybridized carbons (Fsp3) is 0.0714. The Bertz CT molecular complexity index is 620. The summed E-state index contributed by atoms with van der Waals surface area (Å²) in [5, 5.41) is 10.6. The first-order valence-electron chi connectivity index (χ1n) is 5.70. The van der Waals surface area contributed by atoms with E-state index in [4.69, 9.17) is 12.2 Å². The molecule has 2 rings (SSSR count). The van der Waals surface area contributed by atoms with Crippen LogP contribution in [-0.2, 0) is 4.79 Å². The summed E-state index contributed by atoms with van der Waals surface area (Å²) in [5.41, 5.74) is 0.829. The first-order valence-corrected chi connectivity index (χ1v) is 6.93. The summed E-state index contributed by atoms with van der Waals surface area (Å²) in [6, 6.07) is 6.10. The molecule has 0 spiro atoms. The number of thiocarbonyl (C=S) groups is 1. The van der Waals surface area contributed by atoms with Crippen molar-refractivity contribution in [1.29, 1.82) is 0 Å². The van der Waals surface area contributed by atoms with Crippen molar-refractivity contribution in [3.63, 3.8) is 0 Å². The molecule has 0 N–H and O–H groups in total. The second-order valence-corrected chi connectivity index (χ2v) is 5.67. The number of nitrogens with zero attached hydrogens (tertiary/aromatic N) is 1. The third-order valence-corrected chi connectivity index (χ3v) is 4.01. The molecule has 1 heterocycles. The summed E-state index contributed by atoms with van der Waals surface area (Å²) in [6.45, 7) is 3.97. The van der Waals surface area contributed by atoms with E-state index in [1.165, 1.54) is 28.8 Å². The second kappa shape index (κ2) is 6.02. The van der Waals surface area contributed by atoms with Gasteiger partial charge in [-0.2, -0.15) is 0 Å². The minimum absolute atomic E-state index is 0.0985. The van der Waals surface area contributed by atoms with Gasteiger partial charge in [-0.05, 0) is 17.2 Å². The van der Waals surface area contributed by atoms with Gasteiger partial charge in [0.25, 0.3) is 5.91 Å². The van der Waals surface area contributed by atoms with Crippen LogP contribution >= 0.6 is 24.0 Å². The predicted octanol–water partition coefficient (Wildman–Crippen LogP) is 1.44. The summed E-state index contributed by atoms with van der Waals surface area (Å²) < 4.78 is 0.493. The van der Waals surface area contributed by atoms with E-state index in [9.17, 15) is 14.7 Å². The molecule has 1 aromatic carbocycles. The average Bonchev–Trinajstić information content (AvgIpc) is 2.67. The lowest BCUT2D eigenvalue weighted by Crippen LogP contribution is -2.27. The Hall–Kier alpha value is -1.92. The van der Waals surface area contributed by atoms with Crippen molar-refractivity contribution in [2.24, 2.45) is 0 Å². The Labute approximate surface area is 125 Å². The molecule has 0 saturated carbocycles. The van der Waals surface area contributed by atoms with Crippen molar-refractivity contribution in [2.75, 3.05) is 6.54 Å². The third-order valence-electron chi connectivity index (χ3n) is 2.63. The molecular formula is C14H10NO3S2-. The van der Waals surface area contributed by atoms with Gasteiger partial charge in [-0.25, -0.2) is 0 Å². The highest BCUT2D eigenvalue weighted by Gasteiger charge is 2.30. The Balaban J connectivity index is 2.23. The fourth-order valence-corrected chi connectivity index (χ4v) is 2.93. The maximum absolute atomic E-state index is 12.1. The van der Waals surface area contributed by atoms with Crippen LogP contribution in [0, 0.1) is 0 Å². The van der Waals surface area contributed by atoms with Crippen molar-refractivity contribution in [2.45, 2.75) is 0 Å². The van der Waals surface area contributed by atoms with E-state index >= 15 is 0 Å². The summed E-state index contributed by atoms with van der Waals surface area (Å²) in [4.78, 5) is 24.7. The molecule has 0 radical (unpaired) electrons. The molecule has 1 aliphatic heterocycles. The summed E-state index contributed by atoms with van der Waals surface area (Å²) in [5.74, 6) is -1.39. The van der Waals surface area contributed by atoms with Crippen molar-refractivity contribution in [1.82, 2.24) is 4.90 Å². The van der Waals surface area contributed by atoms with Crippen LogP contribution in [0.3, 0.4) is 0 Å². The van der Waals surface area contributed by atoms with Gasteiger partial charge in [0.1, 0.15) is 4.32 Å². The molecule has 0 atom stereocenters. The largest absolute Gasteiger partial charge is 0.545 e. The van der Waals surface area contributed by atoms with E-state index in [1.807, 2.05) is 0 Å². The lowest BCUT2D eigenvalue weighted by atomic mass is 10.1. The number of carbonyl (C=O) groups excluding carboxylic acids is 2. The number of hydrogen-bond acceptors (Lipinski definition) is 5. The molecule has 0 aromatic heterocycles. The quantitative estimate of drug-likeness (QED) is 0.478. The van der Waals surface area contributed by atoms with Gasteiger partial charge in [-0.3, -0.25) is 9.69 Å². The minimum atomic E-state index is -1.23. The van der Waals surface area contributed by atoms with E-state index in [1.54, 1.807) is 24.3 Å². The Morgan fingerprint density at radius 1 is 1.40 bits per heavy atom. The minimum Gasteiger partial charge on any atom is -0.545 e. The molecule has 1 fully saturated rings. The van der Waals surface area contributed by atoms with E-state index in [0.29, 0.717) is 15.8 Å². The topological polar surface area (TPSA) is 60.4 Å². The summed E-state index contributed by atoms with van der Waals surface area (Å²) in [7, 11) is 0. The maximum Gasteiger partial charge on any atom is 0.266 e. The lowest BCUT2D eigenvalue weighted by Gasteiger charge is -2.10. The predicted molar refractivity (Wildman–Crippen MR) is 80.8 cm³/mol. The SMILES string of the molecule is C=CCN1C(=O)/C(=C/c2ccc(C(=O)[O-])cc2)SC1=S. The molecule has 102 valence electrons. The molecule has 0 aliphatic carbocycles. The number of benzene rings is 1. The highest BCUT2D eigenvalue weighted by molar-refractivity contribution is 8.26. The first kappa shape index (κ1) is 14.5. The maximum atomic E-state index is 12.1. The number of rotatable bonds is 4. The molecular weight excluding hydrogens is 294 g/mol. The van der Waals surface area contributed by atoms with Crippen LogP contribution in [0.1, 0.15) is 15.9 Å². The lowest BCUT2D eigenvalue weighted by molar-refractivity contribution is -0.255. The summed E-state index contributed by atoms with van der Waals surface area (Å²) >= 11 is 6.34. The molecule has 1 saturated heterocycles. The molecule has 6 heteroatoms. The van der Waals surface area contributed by atoms with Crippen molar-refractivity contribution in [3.05, 3.63) is 53.0 Å². The monoisotopic (exact) mass is 304 g/mol. The van der Waals surface area contributed by atoms with Crippen LogP contribution in [0.5, 0.6) is 0 Å². The van der Waals surface area contributed by atoms with Crippen LogP contribution in [0.4, 0.5) is 0 Å². The van der Waals surface area contributed by atoms with Gasteiger partial charge in [0.15, 0.2) is 0 Å². The number of thioether (sulfide) groups is 1. The average molecular weight is 304 g/mol. The molecule has 0 bridgehead atoms. The van der Waals surface area contributed by atoms with Crippen molar-refractivity contribution >= 4 is 46.3 Å². The van der Waals surface area contributed by atoms with Crippen molar-refractivity contribution < 1.29 is 14.7 Å². The smallest absolute Gasteiger partial charge is 0.266 e. The summed E-state index contributed by atoms with van der Waals surface area (Å²) in [6.07, 6.45) is 3.30. The van der Waals surface area contributed by atoms with E-state index in [0.717, 1.165) is 5.56 Å². The van der Waals surface area contributed by atoms with E-state index in [2.05, 4.69) is 6.58 Å². The molecule has 1 amide bonds. The van der Waals surface area contributed by atoms with Gasteiger partial charge >= 0.3 is 0 Å². The molecule has 4 nitrogen and oxygen atoms in total. The zero-order valence-electron chi connectivity index (χ0n) is 10.4. The van der Waals surface area contributed by atoms with Gasteiger partial charge in [0.05, 0.1) is 10.9 Å². The molecule has 20 heavy (non-hydrogen) atoms. The Morgan fingerprint density at radius 2 is 2.05 bits per heavy atom. The van der Waals surface area contributed by atoms with Gasteiger partial charge in [0, 0.05) is 6.54 Å². The molecule has 1 aromatic rings. The standard InChI is InChI=1S/C14H11NO3S2/c1-2-7-15-12(16)11(20-14(15)19)8-9-3-5-10(6-4-9)13(17)18/h2-6,8H,1,7H2,(H,17,18)/p-1/b11-8-. The zero-order chi connectivity index (χ0) is 14.7. The van der Waals surface area contributed by atoms with Crippen LogP contribution in [-0.4, -0.2) is 27.6 Å². The fourth-order valence-electron chi connectivity index (χ4n) is 1.65. The highest BCUT2D eigenvalue weighted by Crippen LogP contribution is 2.32. The van der Waals surface area contributed by atoms with Crippen molar-refractivity contribution in [3.8, 4) is 0 Å². The molecule has 0 unspecified atom stereocenters. The number of carboxylic acid groups (broad SMARTS) is 1. The highest BCUT2D eigenvalue weighted by atomic mass is 32.2.